The summed E-state index contributed by atoms with van der Waals surface area (Å²) in [7, 11) is 0. The van der Waals surface area contributed by atoms with Crippen molar-refractivity contribution in [1.82, 2.24) is 5.32 Å². The van der Waals surface area contributed by atoms with Gasteiger partial charge in [-0.3, -0.25) is 10.1 Å². The first kappa shape index (κ1) is 28.6. The number of hydrogen-bond donors (Lipinski definition) is 2. The lowest BCUT2D eigenvalue weighted by molar-refractivity contribution is 0.0951. The maximum atomic E-state index is 14.2. The summed E-state index contributed by atoms with van der Waals surface area (Å²) in [5, 5.41) is 5.53. The Bertz CT molecular complexity index is 1580. The van der Waals surface area contributed by atoms with E-state index in [9.17, 15) is 26.7 Å². The summed E-state index contributed by atoms with van der Waals surface area (Å²) in [5.74, 6) is -9.69. The molecule has 0 aliphatic carbocycles. The zero-order valence-electron chi connectivity index (χ0n) is 21.0. The largest absolute Gasteiger partial charge is 0.451 e. The highest BCUT2D eigenvalue weighted by molar-refractivity contribution is 9.10. The molecular weight excluding hydrogens is 631 g/mol. The number of halogens is 6. The fourth-order valence-electron chi connectivity index (χ4n) is 4.37. The molecule has 2 N–H and O–H groups in total. The van der Waals surface area contributed by atoms with E-state index >= 15 is 0 Å². The molecule has 41 heavy (non-hydrogen) atoms. The van der Waals surface area contributed by atoms with Crippen LogP contribution in [-0.4, -0.2) is 37.2 Å². The minimum atomic E-state index is -2.18. The van der Waals surface area contributed by atoms with Gasteiger partial charge in [0.1, 0.15) is 11.4 Å². The molecule has 4 aromatic rings. The van der Waals surface area contributed by atoms with Crippen LogP contribution < -0.4 is 20.4 Å². The highest BCUT2D eigenvalue weighted by Crippen LogP contribution is 2.31. The summed E-state index contributed by atoms with van der Waals surface area (Å²) in [6.45, 7) is 0.661. The quantitative estimate of drug-likeness (QED) is 0.107. The number of benzene rings is 3. The Morgan fingerprint density at radius 1 is 0.756 bits per heavy atom. The standard InChI is InChI=1S/C28H20BrF5N4O2S/c29-16-3-1-15(2-4-16)19-9-10-20(40-19)27(39)36-28(41)35-17-5-7-18(8-6-17)37-11-13-38(14-12-37)26-24(33)22(31)21(30)23(32)25(26)34/h1-10H,11-14H2,(H2,35,36,39,41). The number of hydrogen-bond acceptors (Lipinski definition) is 5. The Morgan fingerprint density at radius 3 is 1.93 bits per heavy atom. The number of carbonyl (C=O) groups is 1. The van der Waals surface area contributed by atoms with Gasteiger partial charge in [-0.1, -0.05) is 28.1 Å². The minimum Gasteiger partial charge on any atom is -0.451 e. The first-order valence-electron chi connectivity index (χ1n) is 12.2. The molecule has 1 fully saturated rings. The van der Waals surface area contributed by atoms with Gasteiger partial charge in [-0.15, -0.1) is 0 Å². The molecule has 1 aromatic heterocycles. The van der Waals surface area contributed by atoms with Gasteiger partial charge < -0.3 is 19.5 Å². The molecule has 5 rings (SSSR count). The van der Waals surface area contributed by atoms with Crippen molar-refractivity contribution in [1.29, 1.82) is 0 Å². The maximum absolute atomic E-state index is 14.2. The molecule has 1 aliphatic rings. The molecule has 1 aliphatic heterocycles. The lowest BCUT2D eigenvalue weighted by Gasteiger charge is -2.37. The summed E-state index contributed by atoms with van der Waals surface area (Å²) >= 11 is 8.62. The second-order valence-corrected chi connectivity index (χ2v) is 10.3. The van der Waals surface area contributed by atoms with Gasteiger partial charge in [0.05, 0.1) is 0 Å². The van der Waals surface area contributed by atoms with Crippen LogP contribution in [0.2, 0.25) is 0 Å². The number of rotatable bonds is 5. The van der Waals surface area contributed by atoms with E-state index < -0.39 is 40.7 Å². The number of carbonyl (C=O) groups excluding carboxylic acids is 1. The molecule has 1 amide bonds. The first-order chi connectivity index (χ1) is 19.6. The number of furan rings is 1. The second kappa shape index (κ2) is 11.9. The van der Waals surface area contributed by atoms with Gasteiger partial charge in [0, 0.05) is 47.6 Å². The van der Waals surface area contributed by atoms with E-state index in [0.717, 1.165) is 20.6 Å². The van der Waals surface area contributed by atoms with Crippen LogP contribution in [0, 0.1) is 29.1 Å². The van der Waals surface area contributed by atoms with E-state index in [2.05, 4.69) is 26.6 Å². The van der Waals surface area contributed by atoms with Crippen molar-refractivity contribution in [3.05, 3.63) is 100.0 Å². The normalized spacial score (nSPS) is 13.3. The Morgan fingerprint density at radius 2 is 1.32 bits per heavy atom. The average molecular weight is 651 g/mol. The van der Waals surface area contributed by atoms with Gasteiger partial charge in [-0.25, -0.2) is 22.0 Å². The molecule has 2 heterocycles. The lowest BCUT2D eigenvalue weighted by Crippen LogP contribution is -2.47. The van der Waals surface area contributed by atoms with E-state index in [1.807, 2.05) is 29.2 Å². The molecule has 0 radical (unpaired) electrons. The zero-order chi connectivity index (χ0) is 29.3. The Kier molecular flexibility index (Phi) is 8.27. The third-order valence-electron chi connectivity index (χ3n) is 6.46. The predicted octanol–water partition coefficient (Wildman–Crippen LogP) is 6.86. The minimum absolute atomic E-state index is 0.0464. The van der Waals surface area contributed by atoms with Crippen LogP contribution in [0.5, 0.6) is 0 Å². The molecule has 0 bridgehead atoms. The van der Waals surface area contributed by atoms with Gasteiger partial charge in [-0.2, -0.15) is 0 Å². The van der Waals surface area contributed by atoms with Crippen molar-refractivity contribution in [3.63, 3.8) is 0 Å². The summed E-state index contributed by atoms with van der Waals surface area (Å²) in [5.41, 5.74) is 1.26. The molecule has 3 aromatic carbocycles. The van der Waals surface area contributed by atoms with Gasteiger partial charge in [0.25, 0.3) is 5.91 Å². The molecular formula is C28H20BrF5N4O2S. The van der Waals surface area contributed by atoms with Crippen LogP contribution in [-0.2, 0) is 0 Å². The molecule has 0 atom stereocenters. The van der Waals surface area contributed by atoms with Crippen molar-refractivity contribution in [2.24, 2.45) is 0 Å². The Hall–Kier alpha value is -3.97. The van der Waals surface area contributed by atoms with E-state index in [1.165, 1.54) is 0 Å². The van der Waals surface area contributed by atoms with Crippen molar-refractivity contribution in [3.8, 4) is 11.3 Å². The molecule has 1 saturated heterocycles. The van der Waals surface area contributed by atoms with Gasteiger partial charge in [0.2, 0.25) is 5.82 Å². The number of anilines is 3. The van der Waals surface area contributed by atoms with Gasteiger partial charge >= 0.3 is 0 Å². The summed E-state index contributed by atoms with van der Waals surface area (Å²) < 4.78 is 75.6. The molecule has 0 unspecified atom stereocenters. The van der Waals surface area contributed by atoms with Crippen LogP contribution in [0.25, 0.3) is 11.3 Å². The highest BCUT2D eigenvalue weighted by Gasteiger charge is 2.30. The topological polar surface area (TPSA) is 60.8 Å². The van der Waals surface area contributed by atoms with Crippen molar-refractivity contribution >= 4 is 56.2 Å². The van der Waals surface area contributed by atoms with Crippen LogP contribution in [0.1, 0.15) is 10.6 Å². The first-order valence-corrected chi connectivity index (χ1v) is 13.4. The van der Waals surface area contributed by atoms with E-state index in [4.69, 9.17) is 16.6 Å². The third kappa shape index (κ3) is 6.05. The molecule has 0 spiro atoms. The number of nitrogens with one attached hydrogen (secondary N) is 2. The van der Waals surface area contributed by atoms with Gasteiger partial charge in [0.15, 0.2) is 34.1 Å². The Balaban J connectivity index is 1.15. The monoisotopic (exact) mass is 650 g/mol. The summed E-state index contributed by atoms with van der Waals surface area (Å²) in [4.78, 5) is 15.6. The highest BCUT2D eigenvalue weighted by atomic mass is 79.9. The van der Waals surface area contributed by atoms with E-state index in [0.29, 0.717) is 11.4 Å². The predicted molar refractivity (Wildman–Crippen MR) is 153 cm³/mol. The average Bonchev–Trinajstić information content (AvgIpc) is 3.47. The lowest BCUT2D eigenvalue weighted by atomic mass is 10.2. The van der Waals surface area contributed by atoms with Crippen molar-refractivity contribution < 1.29 is 31.2 Å². The third-order valence-corrected chi connectivity index (χ3v) is 7.19. The second-order valence-electron chi connectivity index (χ2n) is 9.02. The molecule has 6 nitrogen and oxygen atoms in total. The fourth-order valence-corrected chi connectivity index (χ4v) is 4.85. The Labute approximate surface area is 244 Å². The van der Waals surface area contributed by atoms with E-state index in [1.54, 1.807) is 36.4 Å². The van der Waals surface area contributed by atoms with Crippen LogP contribution >= 0.6 is 28.1 Å². The number of piperazine rings is 1. The summed E-state index contributed by atoms with van der Waals surface area (Å²) in [6, 6.07) is 17.7. The molecule has 212 valence electrons. The van der Waals surface area contributed by atoms with Crippen LogP contribution in [0.15, 0.2) is 69.6 Å². The fraction of sp³-hybridized carbons (Fsp3) is 0.143. The number of nitrogens with zero attached hydrogens (tertiary/aromatic N) is 2. The number of amides is 1. The SMILES string of the molecule is O=C(NC(=S)Nc1ccc(N2CCN(c3c(F)c(F)c(F)c(F)c3F)CC2)cc1)c1ccc(-c2ccc(Br)cc2)o1. The van der Waals surface area contributed by atoms with Crippen molar-refractivity contribution in [2.75, 3.05) is 41.3 Å². The zero-order valence-corrected chi connectivity index (χ0v) is 23.4. The molecule has 13 heteroatoms. The molecule has 0 saturated carbocycles. The van der Waals surface area contributed by atoms with Crippen molar-refractivity contribution in [2.45, 2.75) is 0 Å². The van der Waals surface area contributed by atoms with Gasteiger partial charge in [-0.05, 0) is 60.7 Å². The maximum Gasteiger partial charge on any atom is 0.293 e. The van der Waals surface area contributed by atoms with Crippen LogP contribution in [0.3, 0.4) is 0 Å². The smallest absolute Gasteiger partial charge is 0.293 e. The summed E-state index contributed by atoms with van der Waals surface area (Å²) in [6.07, 6.45) is 0. The van der Waals surface area contributed by atoms with Crippen LogP contribution in [0.4, 0.5) is 39.0 Å². The number of thiocarbonyl (C=S) groups is 1. The van der Waals surface area contributed by atoms with E-state index in [-0.39, 0.29) is 37.1 Å².